The summed E-state index contributed by atoms with van der Waals surface area (Å²) in [6.45, 7) is 0.320. The lowest BCUT2D eigenvalue weighted by atomic mass is 10.2. The van der Waals surface area contributed by atoms with E-state index in [2.05, 4.69) is 21.2 Å². The minimum atomic E-state index is -0.616. The Bertz CT molecular complexity index is 520. The van der Waals surface area contributed by atoms with Crippen LogP contribution in [0.3, 0.4) is 0 Å². The molecule has 1 heterocycles. The molecule has 21 heavy (non-hydrogen) atoms. The van der Waals surface area contributed by atoms with Crippen LogP contribution in [-0.2, 0) is 14.3 Å². The molecule has 1 aliphatic heterocycles. The molecule has 0 saturated carbocycles. The van der Waals surface area contributed by atoms with Crippen molar-refractivity contribution in [1.82, 2.24) is 4.90 Å². The van der Waals surface area contributed by atoms with E-state index in [1.54, 1.807) is 17.0 Å². The normalized spacial score (nSPS) is 22.0. The van der Waals surface area contributed by atoms with Gasteiger partial charge in [-0.2, -0.15) is 0 Å². The molecule has 0 aliphatic carbocycles. The van der Waals surface area contributed by atoms with Crippen LogP contribution in [0.1, 0.15) is 6.42 Å². The molecule has 1 saturated heterocycles. The lowest BCUT2D eigenvalue weighted by Crippen LogP contribution is -2.41. The molecule has 114 valence electrons. The Hall–Kier alpha value is -1.44. The second kappa shape index (κ2) is 7.02. The fourth-order valence-corrected chi connectivity index (χ4v) is 2.62. The van der Waals surface area contributed by atoms with Gasteiger partial charge < -0.3 is 15.2 Å². The number of esters is 1. The zero-order valence-electron chi connectivity index (χ0n) is 11.6. The highest BCUT2D eigenvalue weighted by Crippen LogP contribution is 2.19. The number of anilines is 1. The van der Waals surface area contributed by atoms with Crippen molar-refractivity contribution in [3.05, 3.63) is 28.7 Å². The van der Waals surface area contributed by atoms with Gasteiger partial charge in [0.15, 0.2) is 0 Å². The summed E-state index contributed by atoms with van der Waals surface area (Å²) in [5, 5.41) is 12.4. The van der Waals surface area contributed by atoms with Crippen LogP contribution in [-0.4, -0.2) is 54.2 Å². The Morgan fingerprint density at radius 2 is 2.10 bits per heavy atom. The van der Waals surface area contributed by atoms with Gasteiger partial charge in [0, 0.05) is 23.1 Å². The number of hydrogen-bond donors (Lipinski definition) is 2. The van der Waals surface area contributed by atoms with Crippen molar-refractivity contribution in [1.29, 1.82) is 0 Å². The van der Waals surface area contributed by atoms with Gasteiger partial charge in [-0.05, 0) is 24.3 Å². The average molecular weight is 357 g/mol. The molecule has 0 aromatic heterocycles. The molecule has 2 rings (SSSR count). The van der Waals surface area contributed by atoms with Gasteiger partial charge in [0.05, 0.1) is 19.8 Å². The van der Waals surface area contributed by atoms with Gasteiger partial charge in [0.25, 0.3) is 0 Å². The minimum absolute atomic E-state index is 0.0346. The second-order valence-electron chi connectivity index (χ2n) is 4.91. The number of amides is 1. The Labute approximate surface area is 131 Å². The van der Waals surface area contributed by atoms with Gasteiger partial charge in [-0.15, -0.1) is 0 Å². The van der Waals surface area contributed by atoms with Crippen LogP contribution >= 0.6 is 15.9 Å². The Morgan fingerprint density at radius 1 is 1.43 bits per heavy atom. The van der Waals surface area contributed by atoms with E-state index in [4.69, 9.17) is 4.74 Å². The van der Waals surface area contributed by atoms with E-state index >= 15 is 0 Å². The van der Waals surface area contributed by atoms with E-state index < -0.39 is 18.1 Å². The lowest BCUT2D eigenvalue weighted by molar-refractivity contribution is -0.146. The molecule has 0 spiro atoms. The number of carbonyl (C=O) groups is 2. The summed E-state index contributed by atoms with van der Waals surface area (Å²) in [4.78, 5) is 25.3. The Balaban J connectivity index is 1.94. The maximum atomic E-state index is 12.0. The van der Waals surface area contributed by atoms with Crippen LogP contribution in [0.2, 0.25) is 0 Å². The lowest BCUT2D eigenvalue weighted by Gasteiger charge is -2.21. The van der Waals surface area contributed by atoms with Crippen LogP contribution in [0.4, 0.5) is 5.69 Å². The summed E-state index contributed by atoms with van der Waals surface area (Å²) < 4.78 is 5.62. The number of hydrogen-bond acceptors (Lipinski definition) is 5. The summed E-state index contributed by atoms with van der Waals surface area (Å²) >= 11 is 3.32. The molecule has 6 nitrogen and oxygen atoms in total. The second-order valence-corrected chi connectivity index (χ2v) is 5.83. The number of nitrogens with zero attached hydrogens (tertiary/aromatic N) is 1. The number of likely N-dealkylation sites (tertiary alicyclic amines) is 1. The highest BCUT2D eigenvalue weighted by Gasteiger charge is 2.37. The molecule has 1 amide bonds. The maximum absolute atomic E-state index is 12.0. The monoisotopic (exact) mass is 356 g/mol. The van der Waals surface area contributed by atoms with E-state index in [0.29, 0.717) is 5.69 Å². The number of nitrogens with one attached hydrogen (secondary N) is 1. The van der Waals surface area contributed by atoms with Crippen LogP contribution in [0, 0.1) is 0 Å². The smallest absolute Gasteiger partial charge is 0.323 e. The number of β-amino-alcohol motifs (C(OH)–C–C–N with tert-alkyl or cyclic N) is 1. The standard InChI is InChI=1S/C14H17BrN2O4/c1-21-14(20)12-6-11(18)7-17(12)8-13(19)16-10-4-2-9(15)3-5-10/h2-5,11-12,18H,6-8H2,1H3,(H,16,19). The largest absolute Gasteiger partial charge is 0.468 e. The van der Waals surface area contributed by atoms with Crippen molar-refractivity contribution in [3.8, 4) is 0 Å². The number of carbonyl (C=O) groups excluding carboxylic acids is 2. The van der Waals surface area contributed by atoms with Crippen LogP contribution < -0.4 is 5.32 Å². The molecule has 1 aliphatic rings. The van der Waals surface area contributed by atoms with Gasteiger partial charge in [-0.3, -0.25) is 14.5 Å². The van der Waals surface area contributed by atoms with Crippen molar-refractivity contribution >= 4 is 33.5 Å². The summed E-state index contributed by atoms with van der Waals surface area (Å²) in [5.41, 5.74) is 0.678. The van der Waals surface area contributed by atoms with E-state index in [9.17, 15) is 14.7 Å². The Kier molecular flexibility index (Phi) is 5.33. The number of ether oxygens (including phenoxy) is 1. The predicted molar refractivity (Wildman–Crippen MR) is 80.8 cm³/mol. The number of halogens is 1. The quantitative estimate of drug-likeness (QED) is 0.786. The molecular formula is C14H17BrN2O4. The van der Waals surface area contributed by atoms with E-state index in [-0.39, 0.29) is 25.4 Å². The number of methoxy groups -OCH3 is 1. The van der Waals surface area contributed by atoms with Gasteiger partial charge >= 0.3 is 5.97 Å². The molecular weight excluding hydrogens is 340 g/mol. The minimum Gasteiger partial charge on any atom is -0.468 e. The van der Waals surface area contributed by atoms with Gasteiger partial charge in [0.2, 0.25) is 5.91 Å². The highest BCUT2D eigenvalue weighted by molar-refractivity contribution is 9.10. The zero-order chi connectivity index (χ0) is 15.4. The van der Waals surface area contributed by atoms with Gasteiger partial charge in [-0.1, -0.05) is 15.9 Å². The number of benzene rings is 1. The first-order chi connectivity index (χ1) is 9.99. The summed E-state index contributed by atoms with van der Waals surface area (Å²) in [6, 6.07) is 6.64. The van der Waals surface area contributed by atoms with E-state index in [1.807, 2.05) is 12.1 Å². The molecule has 1 aromatic carbocycles. The number of aliphatic hydroxyl groups is 1. The highest BCUT2D eigenvalue weighted by atomic mass is 79.9. The van der Waals surface area contributed by atoms with Crippen molar-refractivity contribution in [3.63, 3.8) is 0 Å². The molecule has 0 radical (unpaired) electrons. The first-order valence-corrected chi connectivity index (χ1v) is 7.34. The molecule has 0 bridgehead atoms. The van der Waals surface area contributed by atoms with E-state index in [0.717, 1.165) is 4.47 Å². The number of aliphatic hydroxyl groups excluding tert-OH is 1. The first kappa shape index (κ1) is 15.9. The number of rotatable bonds is 4. The predicted octanol–water partition coefficient (Wildman–Crippen LogP) is 0.996. The summed E-state index contributed by atoms with van der Waals surface area (Å²) in [5.74, 6) is -0.664. The Morgan fingerprint density at radius 3 is 2.71 bits per heavy atom. The van der Waals surface area contributed by atoms with Crippen LogP contribution in [0.5, 0.6) is 0 Å². The van der Waals surface area contributed by atoms with Crippen molar-refractivity contribution in [2.24, 2.45) is 0 Å². The van der Waals surface area contributed by atoms with Crippen molar-refractivity contribution < 1.29 is 19.4 Å². The van der Waals surface area contributed by atoms with Crippen LogP contribution in [0.15, 0.2) is 28.7 Å². The van der Waals surface area contributed by atoms with Crippen LogP contribution in [0.25, 0.3) is 0 Å². The van der Waals surface area contributed by atoms with Crippen molar-refractivity contribution in [2.45, 2.75) is 18.6 Å². The van der Waals surface area contributed by atoms with Gasteiger partial charge in [-0.25, -0.2) is 0 Å². The fraction of sp³-hybridized carbons (Fsp3) is 0.429. The molecule has 2 unspecified atom stereocenters. The van der Waals surface area contributed by atoms with Gasteiger partial charge in [0.1, 0.15) is 6.04 Å². The zero-order valence-corrected chi connectivity index (χ0v) is 13.2. The first-order valence-electron chi connectivity index (χ1n) is 6.55. The molecule has 7 heteroatoms. The maximum Gasteiger partial charge on any atom is 0.323 e. The van der Waals surface area contributed by atoms with E-state index in [1.165, 1.54) is 7.11 Å². The third-order valence-corrected chi connectivity index (χ3v) is 3.86. The van der Waals surface area contributed by atoms with Crippen molar-refractivity contribution in [2.75, 3.05) is 25.5 Å². The average Bonchev–Trinajstić information content (AvgIpc) is 2.81. The molecule has 2 atom stereocenters. The third-order valence-electron chi connectivity index (χ3n) is 3.33. The topological polar surface area (TPSA) is 78.9 Å². The molecule has 1 fully saturated rings. The molecule has 2 N–H and O–H groups in total. The third kappa shape index (κ3) is 4.26. The fourth-order valence-electron chi connectivity index (χ4n) is 2.35. The SMILES string of the molecule is COC(=O)C1CC(O)CN1CC(=O)Nc1ccc(Br)cc1. The summed E-state index contributed by atoms with van der Waals surface area (Å²) in [7, 11) is 1.30. The molecule has 1 aromatic rings. The summed E-state index contributed by atoms with van der Waals surface area (Å²) in [6.07, 6.45) is -0.326.